The van der Waals surface area contributed by atoms with Gasteiger partial charge in [0.25, 0.3) is 0 Å². The number of rotatable bonds is 8. The molecule has 0 saturated carbocycles. The van der Waals surface area contributed by atoms with E-state index in [0.29, 0.717) is 6.42 Å². The Morgan fingerprint density at radius 3 is 2.47 bits per heavy atom. The molecule has 0 aliphatic carbocycles. The summed E-state index contributed by atoms with van der Waals surface area (Å²) in [6.07, 6.45) is 0.896. The quantitative estimate of drug-likeness (QED) is 0.370. The maximum Gasteiger partial charge on any atom is 0.410 e. The molecule has 1 unspecified atom stereocenters. The van der Waals surface area contributed by atoms with Crippen LogP contribution in [0.5, 0.6) is 0 Å². The summed E-state index contributed by atoms with van der Waals surface area (Å²) >= 11 is 0. The molecule has 1 aliphatic heterocycles. The molecule has 176 valence electrons. The number of likely N-dealkylation sites (tertiary alicyclic amines) is 1. The third-order valence-corrected chi connectivity index (χ3v) is 5.06. The van der Waals surface area contributed by atoms with Crippen molar-refractivity contribution in [1.29, 1.82) is 0 Å². The maximum absolute atomic E-state index is 12.7. The highest BCUT2D eigenvalue weighted by Gasteiger charge is 2.44. The van der Waals surface area contributed by atoms with Gasteiger partial charge in [0.15, 0.2) is 0 Å². The first kappa shape index (κ1) is 25.2. The van der Waals surface area contributed by atoms with Crippen molar-refractivity contribution in [2.24, 2.45) is 11.8 Å². The lowest BCUT2D eigenvalue weighted by Gasteiger charge is -2.27. The van der Waals surface area contributed by atoms with E-state index in [4.69, 9.17) is 14.2 Å². The van der Waals surface area contributed by atoms with E-state index in [1.807, 2.05) is 30.3 Å². The molecular weight excluding hydrogens is 412 g/mol. The van der Waals surface area contributed by atoms with Crippen LogP contribution in [0.2, 0.25) is 0 Å². The van der Waals surface area contributed by atoms with Gasteiger partial charge in [-0.2, -0.15) is 0 Å². The van der Waals surface area contributed by atoms with Crippen LogP contribution in [-0.4, -0.2) is 54.4 Å². The van der Waals surface area contributed by atoms with E-state index in [-0.39, 0.29) is 38.2 Å². The summed E-state index contributed by atoms with van der Waals surface area (Å²) in [4.78, 5) is 39.3. The highest BCUT2D eigenvalue weighted by Crippen LogP contribution is 2.29. The van der Waals surface area contributed by atoms with Crippen LogP contribution < -0.4 is 5.32 Å². The van der Waals surface area contributed by atoms with Crippen molar-refractivity contribution in [2.75, 3.05) is 19.7 Å². The Hall–Kier alpha value is -3.03. The molecule has 1 saturated heterocycles. The smallest absolute Gasteiger partial charge is 0.410 e. The number of amides is 2. The fraction of sp³-hybridized carbons (Fsp3) is 0.542. The molecule has 8 nitrogen and oxygen atoms in total. The molecule has 2 amide bonds. The zero-order valence-electron chi connectivity index (χ0n) is 19.3. The average molecular weight is 447 g/mol. The summed E-state index contributed by atoms with van der Waals surface area (Å²) in [5.41, 5.74) is 0.199. The second-order valence-electron chi connectivity index (χ2n) is 8.74. The van der Waals surface area contributed by atoms with Crippen molar-refractivity contribution in [3.8, 4) is 0 Å². The number of carbonyl (C=O) groups excluding carboxylic acids is 3. The van der Waals surface area contributed by atoms with Crippen LogP contribution in [0.15, 0.2) is 43.0 Å². The van der Waals surface area contributed by atoms with Crippen molar-refractivity contribution >= 4 is 18.2 Å². The molecule has 1 fully saturated rings. The van der Waals surface area contributed by atoms with Gasteiger partial charge in [0, 0.05) is 19.0 Å². The molecule has 2 rings (SSSR count). The van der Waals surface area contributed by atoms with E-state index in [2.05, 4.69) is 11.9 Å². The number of ether oxygens (including phenoxy) is 3. The van der Waals surface area contributed by atoms with Crippen molar-refractivity contribution in [3.05, 3.63) is 48.6 Å². The van der Waals surface area contributed by atoms with Crippen LogP contribution in [0, 0.1) is 11.8 Å². The molecule has 8 heteroatoms. The van der Waals surface area contributed by atoms with E-state index in [0.717, 1.165) is 5.56 Å². The van der Waals surface area contributed by atoms with Crippen molar-refractivity contribution in [3.63, 3.8) is 0 Å². The first-order valence-corrected chi connectivity index (χ1v) is 10.9. The zero-order valence-corrected chi connectivity index (χ0v) is 19.3. The lowest BCUT2D eigenvalue weighted by Crippen LogP contribution is -2.46. The maximum atomic E-state index is 12.7. The van der Waals surface area contributed by atoms with Gasteiger partial charge in [-0.1, -0.05) is 36.4 Å². The molecule has 0 spiro atoms. The SMILES string of the molecule is C=CCC(C(=O)OCC)[C@@H]1CN(C(=O)OCc2ccccc2)C[C@H]1NC(=O)OC(C)(C)C. The Morgan fingerprint density at radius 1 is 1.19 bits per heavy atom. The molecule has 1 aromatic carbocycles. The first-order chi connectivity index (χ1) is 15.1. The number of allylic oxidation sites excluding steroid dienone is 1. The number of esters is 1. The fourth-order valence-electron chi connectivity index (χ4n) is 3.68. The summed E-state index contributed by atoms with van der Waals surface area (Å²) in [5, 5.41) is 2.83. The second-order valence-corrected chi connectivity index (χ2v) is 8.74. The van der Waals surface area contributed by atoms with Crippen LogP contribution in [0.4, 0.5) is 9.59 Å². The van der Waals surface area contributed by atoms with Gasteiger partial charge in [-0.25, -0.2) is 9.59 Å². The minimum atomic E-state index is -0.672. The molecular formula is C24H34N2O6. The number of benzene rings is 1. The Labute approximate surface area is 189 Å². The number of hydrogen-bond acceptors (Lipinski definition) is 6. The molecule has 1 N–H and O–H groups in total. The Morgan fingerprint density at radius 2 is 1.88 bits per heavy atom. The molecule has 1 aromatic rings. The third kappa shape index (κ3) is 7.59. The van der Waals surface area contributed by atoms with Crippen LogP contribution >= 0.6 is 0 Å². The average Bonchev–Trinajstić information content (AvgIpc) is 3.13. The molecule has 32 heavy (non-hydrogen) atoms. The standard InChI is InChI=1S/C24H34N2O6/c1-6-11-18(21(27)30-7-2)19-14-26(15-20(19)25-22(28)32-24(3,4)5)23(29)31-16-17-12-9-8-10-13-17/h6,8-10,12-13,18-20H,1,7,11,14-16H2,2-5H3,(H,25,28)/t18?,19-,20+/m0/s1. The highest BCUT2D eigenvalue weighted by molar-refractivity contribution is 5.75. The largest absolute Gasteiger partial charge is 0.466 e. The fourth-order valence-corrected chi connectivity index (χ4v) is 3.68. The summed E-state index contributed by atoms with van der Waals surface area (Å²) < 4.78 is 16.1. The van der Waals surface area contributed by atoms with Gasteiger partial charge in [-0.05, 0) is 39.7 Å². The van der Waals surface area contributed by atoms with Gasteiger partial charge in [-0.3, -0.25) is 4.79 Å². The van der Waals surface area contributed by atoms with Gasteiger partial charge in [0.05, 0.1) is 18.6 Å². The predicted molar refractivity (Wildman–Crippen MR) is 120 cm³/mol. The van der Waals surface area contributed by atoms with Crippen LogP contribution in [0.3, 0.4) is 0 Å². The zero-order chi connectivity index (χ0) is 23.7. The lowest BCUT2D eigenvalue weighted by atomic mass is 9.85. The number of carbonyl (C=O) groups is 3. The Bertz CT molecular complexity index is 789. The van der Waals surface area contributed by atoms with E-state index in [1.165, 1.54) is 4.90 Å². The summed E-state index contributed by atoms with van der Waals surface area (Å²) in [6.45, 7) is 11.6. The molecule has 0 bridgehead atoms. The van der Waals surface area contributed by atoms with E-state index in [1.54, 1.807) is 33.8 Å². The van der Waals surface area contributed by atoms with Crippen LogP contribution in [0.25, 0.3) is 0 Å². The Balaban J connectivity index is 2.14. The van der Waals surface area contributed by atoms with Crippen molar-refractivity contribution in [1.82, 2.24) is 10.2 Å². The number of hydrogen-bond donors (Lipinski definition) is 1. The molecule has 1 heterocycles. The van der Waals surface area contributed by atoms with Crippen LogP contribution in [-0.2, 0) is 25.6 Å². The van der Waals surface area contributed by atoms with Gasteiger partial charge in [0.2, 0.25) is 0 Å². The van der Waals surface area contributed by atoms with E-state index >= 15 is 0 Å². The third-order valence-electron chi connectivity index (χ3n) is 5.06. The second kappa shape index (κ2) is 11.5. The minimum Gasteiger partial charge on any atom is -0.466 e. The van der Waals surface area contributed by atoms with Gasteiger partial charge >= 0.3 is 18.2 Å². The molecule has 3 atom stereocenters. The van der Waals surface area contributed by atoms with Crippen LogP contribution in [0.1, 0.15) is 39.7 Å². The lowest BCUT2D eigenvalue weighted by molar-refractivity contribution is -0.150. The van der Waals surface area contributed by atoms with E-state index in [9.17, 15) is 14.4 Å². The monoisotopic (exact) mass is 446 g/mol. The topological polar surface area (TPSA) is 94.2 Å². The number of alkyl carbamates (subject to hydrolysis) is 1. The molecule has 0 aromatic heterocycles. The molecule has 1 aliphatic rings. The first-order valence-electron chi connectivity index (χ1n) is 10.9. The predicted octanol–water partition coefficient (Wildman–Crippen LogP) is 3.90. The van der Waals surface area contributed by atoms with Crippen molar-refractivity contribution < 1.29 is 28.6 Å². The number of nitrogens with zero attached hydrogens (tertiary/aromatic N) is 1. The molecule has 0 radical (unpaired) electrons. The summed E-state index contributed by atoms with van der Waals surface area (Å²) in [5.74, 6) is -1.31. The minimum absolute atomic E-state index is 0.138. The number of nitrogens with one attached hydrogen (secondary N) is 1. The van der Waals surface area contributed by atoms with Gasteiger partial charge in [-0.15, -0.1) is 6.58 Å². The summed E-state index contributed by atoms with van der Waals surface area (Å²) in [7, 11) is 0. The van der Waals surface area contributed by atoms with Gasteiger partial charge < -0.3 is 24.4 Å². The van der Waals surface area contributed by atoms with Gasteiger partial charge in [0.1, 0.15) is 12.2 Å². The van der Waals surface area contributed by atoms with Crippen molar-refractivity contribution in [2.45, 2.75) is 52.4 Å². The summed E-state index contributed by atoms with van der Waals surface area (Å²) in [6, 6.07) is 8.87. The normalized spacial score (nSPS) is 19.1. The Kier molecular flexibility index (Phi) is 9.11. The highest BCUT2D eigenvalue weighted by atomic mass is 16.6. The van der Waals surface area contributed by atoms with E-state index < -0.39 is 29.7 Å².